The van der Waals surface area contributed by atoms with Crippen LogP contribution >= 0.6 is 11.6 Å². The van der Waals surface area contributed by atoms with E-state index in [9.17, 15) is 13.2 Å². The van der Waals surface area contributed by atoms with Gasteiger partial charge in [0.15, 0.2) is 0 Å². The van der Waals surface area contributed by atoms with E-state index >= 15 is 0 Å². The highest BCUT2D eigenvalue weighted by Gasteiger charge is 2.63. The fraction of sp³-hybridized carbons (Fsp3) is 0.357. The van der Waals surface area contributed by atoms with Crippen LogP contribution in [0.4, 0.5) is 5.69 Å². The van der Waals surface area contributed by atoms with E-state index in [4.69, 9.17) is 11.6 Å². The maximum Gasteiger partial charge on any atom is 0.255 e. The first-order valence-corrected chi connectivity index (χ1v) is 14.2. The van der Waals surface area contributed by atoms with Crippen LogP contribution in [0, 0.1) is 11.8 Å². The number of carbonyl (C=O) groups is 1. The molecule has 0 saturated heterocycles. The Bertz CT molecular complexity index is 1400. The van der Waals surface area contributed by atoms with Crippen molar-refractivity contribution in [2.24, 2.45) is 11.8 Å². The highest BCUT2D eigenvalue weighted by atomic mass is 35.5. The van der Waals surface area contributed by atoms with Crippen LogP contribution < -0.4 is 10.0 Å². The van der Waals surface area contributed by atoms with E-state index in [1.165, 1.54) is 18.4 Å². The SMILES string of the molecule is O=C(Nc1cccnc1)c1ccc(CNS(=O)(=O)c2ccc(C34CC5CC(C3)C(Cl)(C5)C4)cc2)cc1. The van der Waals surface area contributed by atoms with E-state index in [2.05, 4.69) is 15.0 Å². The second-order valence-corrected chi connectivity index (χ2v) is 13.2. The molecule has 2 N–H and O–H groups in total. The molecule has 4 bridgehead atoms. The Morgan fingerprint density at radius 1 is 1.03 bits per heavy atom. The topological polar surface area (TPSA) is 88.2 Å². The second kappa shape index (κ2) is 8.68. The predicted octanol–water partition coefficient (Wildman–Crippen LogP) is 5.25. The molecule has 1 heterocycles. The summed E-state index contributed by atoms with van der Waals surface area (Å²) in [6.07, 6.45) is 8.88. The van der Waals surface area contributed by atoms with E-state index in [1.54, 1.807) is 60.9 Å². The zero-order valence-electron chi connectivity index (χ0n) is 19.8. The van der Waals surface area contributed by atoms with Crippen molar-refractivity contribution in [3.8, 4) is 0 Å². The number of nitrogens with zero attached hydrogens (tertiary/aromatic N) is 1. The minimum absolute atomic E-state index is 0.0514. The summed E-state index contributed by atoms with van der Waals surface area (Å²) in [6.45, 7) is 0.136. The Balaban J connectivity index is 1.09. The Hall–Kier alpha value is -2.74. The van der Waals surface area contributed by atoms with Gasteiger partial charge in [0.1, 0.15) is 0 Å². The van der Waals surface area contributed by atoms with E-state index < -0.39 is 10.0 Å². The third kappa shape index (κ3) is 4.23. The van der Waals surface area contributed by atoms with Crippen LogP contribution in [0.5, 0.6) is 0 Å². The number of sulfonamides is 1. The molecule has 1 amide bonds. The van der Waals surface area contributed by atoms with Crippen LogP contribution in [0.2, 0.25) is 0 Å². The Morgan fingerprint density at radius 2 is 1.81 bits per heavy atom. The molecule has 4 saturated carbocycles. The van der Waals surface area contributed by atoms with Gasteiger partial charge in [-0.05, 0) is 96.9 Å². The number of aromatic nitrogens is 1. The number of anilines is 1. The van der Waals surface area contributed by atoms with Gasteiger partial charge in [-0.15, -0.1) is 11.6 Å². The van der Waals surface area contributed by atoms with E-state index in [0.717, 1.165) is 24.8 Å². The fourth-order valence-electron chi connectivity index (χ4n) is 6.80. The lowest BCUT2D eigenvalue weighted by Crippen LogP contribution is -2.34. The fourth-order valence-corrected chi connectivity index (χ4v) is 8.46. The molecule has 4 aliphatic carbocycles. The first-order chi connectivity index (χ1) is 17.2. The highest BCUT2D eigenvalue weighted by Crippen LogP contribution is 2.68. The molecule has 6 nitrogen and oxygen atoms in total. The molecule has 7 rings (SSSR count). The summed E-state index contributed by atoms with van der Waals surface area (Å²) in [7, 11) is -3.67. The molecule has 4 fully saturated rings. The molecular formula is C28H28ClN3O3S. The first-order valence-electron chi connectivity index (χ1n) is 12.3. The maximum absolute atomic E-state index is 12.9. The Kier molecular flexibility index (Phi) is 5.70. The molecule has 1 aromatic heterocycles. The van der Waals surface area contributed by atoms with Crippen molar-refractivity contribution >= 4 is 33.2 Å². The van der Waals surface area contributed by atoms with Gasteiger partial charge in [0.05, 0.1) is 16.8 Å². The van der Waals surface area contributed by atoms with Gasteiger partial charge in [0.25, 0.3) is 5.91 Å². The van der Waals surface area contributed by atoms with Crippen molar-refractivity contribution < 1.29 is 13.2 Å². The second-order valence-electron chi connectivity index (χ2n) is 10.6. The summed E-state index contributed by atoms with van der Waals surface area (Å²) in [5.41, 5.74) is 3.18. The van der Waals surface area contributed by atoms with Gasteiger partial charge < -0.3 is 5.32 Å². The number of hydrogen-bond acceptors (Lipinski definition) is 4. The zero-order valence-corrected chi connectivity index (χ0v) is 21.4. The largest absolute Gasteiger partial charge is 0.321 e. The van der Waals surface area contributed by atoms with Crippen molar-refractivity contribution in [1.82, 2.24) is 9.71 Å². The van der Waals surface area contributed by atoms with Gasteiger partial charge in [0.2, 0.25) is 10.0 Å². The number of amides is 1. The molecule has 0 spiro atoms. The third-order valence-electron chi connectivity index (χ3n) is 8.31. The number of rotatable bonds is 7. The van der Waals surface area contributed by atoms with Gasteiger partial charge >= 0.3 is 0 Å². The molecule has 0 radical (unpaired) electrons. The normalized spacial score (nSPS) is 28.4. The van der Waals surface area contributed by atoms with Gasteiger partial charge in [-0.25, -0.2) is 13.1 Å². The molecule has 36 heavy (non-hydrogen) atoms. The average molecular weight is 522 g/mol. The molecule has 4 atom stereocenters. The maximum atomic E-state index is 12.9. The lowest BCUT2D eigenvalue weighted by molar-refractivity contribution is 0.102. The van der Waals surface area contributed by atoms with Crippen LogP contribution in [-0.2, 0) is 22.0 Å². The van der Waals surface area contributed by atoms with Crippen molar-refractivity contribution in [3.63, 3.8) is 0 Å². The van der Waals surface area contributed by atoms with Gasteiger partial charge in [0, 0.05) is 23.2 Å². The lowest BCUT2D eigenvalue weighted by atomic mass is 9.66. The number of hydrogen-bond donors (Lipinski definition) is 2. The third-order valence-corrected chi connectivity index (χ3v) is 10.3. The van der Waals surface area contributed by atoms with Crippen molar-refractivity contribution in [1.29, 1.82) is 0 Å². The molecule has 2 aromatic carbocycles. The van der Waals surface area contributed by atoms with E-state index in [1.807, 2.05) is 12.1 Å². The van der Waals surface area contributed by atoms with Gasteiger partial charge in [-0.1, -0.05) is 24.3 Å². The number of alkyl halides is 1. The van der Waals surface area contributed by atoms with Crippen LogP contribution in [0.15, 0.2) is 78.0 Å². The molecule has 8 heteroatoms. The summed E-state index contributed by atoms with van der Waals surface area (Å²) < 4.78 is 28.5. The number of benzene rings is 2. The predicted molar refractivity (Wildman–Crippen MR) is 139 cm³/mol. The number of halogens is 1. The van der Waals surface area contributed by atoms with Crippen LogP contribution in [0.1, 0.15) is 53.6 Å². The average Bonchev–Trinajstić information content (AvgIpc) is 3.23. The number of carbonyl (C=O) groups excluding carboxylic acids is 1. The Labute approximate surface area is 216 Å². The highest BCUT2D eigenvalue weighted by molar-refractivity contribution is 7.89. The summed E-state index contributed by atoms with van der Waals surface area (Å²) in [4.78, 5) is 16.6. The summed E-state index contributed by atoms with van der Waals surface area (Å²) in [5, 5.41) is 2.78. The minimum Gasteiger partial charge on any atom is -0.321 e. The van der Waals surface area contributed by atoms with Crippen LogP contribution in [0.3, 0.4) is 0 Å². The van der Waals surface area contributed by atoms with Crippen molar-refractivity contribution in [2.75, 3.05) is 5.32 Å². The van der Waals surface area contributed by atoms with E-state index in [0.29, 0.717) is 23.1 Å². The monoisotopic (exact) mass is 521 g/mol. The standard InChI is InChI=1S/C28H28ClN3O3S/c29-28-14-20-12-23(28)15-27(13-20,18-28)22-7-9-25(10-8-22)36(34,35)31-16-19-3-5-21(6-4-19)26(33)32-24-2-1-11-30-17-24/h1-11,17,20,23,31H,12-16,18H2,(H,32,33). The molecule has 186 valence electrons. The molecule has 3 aromatic rings. The molecule has 4 aliphatic rings. The lowest BCUT2D eigenvalue weighted by Gasteiger charge is -2.40. The minimum atomic E-state index is -3.67. The molecule has 0 aliphatic heterocycles. The molecular weight excluding hydrogens is 494 g/mol. The Morgan fingerprint density at radius 3 is 2.47 bits per heavy atom. The van der Waals surface area contributed by atoms with Crippen LogP contribution in [-0.4, -0.2) is 24.2 Å². The van der Waals surface area contributed by atoms with Crippen molar-refractivity contribution in [2.45, 2.75) is 53.8 Å². The summed E-state index contributed by atoms with van der Waals surface area (Å²) >= 11 is 6.97. The first kappa shape index (κ1) is 23.6. The number of pyridine rings is 1. The zero-order chi connectivity index (χ0) is 25.0. The smallest absolute Gasteiger partial charge is 0.255 e. The van der Waals surface area contributed by atoms with Crippen molar-refractivity contribution in [3.05, 3.63) is 89.7 Å². The van der Waals surface area contributed by atoms with E-state index in [-0.39, 0.29) is 27.6 Å². The summed E-state index contributed by atoms with van der Waals surface area (Å²) in [5.74, 6) is 1.04. The molecule has 4 unspecified atom stereocenters. The quantitative estimate of drug-likeness (QED) is 0.415. The number of nitrogens with one attached hydrogen (secondary N) is 2. The van der Waals surface area contributed by atoms with Crippen LogP contribution in [0.25, 0.3) is 0 Å². The summed E-state index contributed by atoms with van der Waals surface area (Å²) in [6, 6.07) is 17.7. The van der Waals surface area contributed by atoms with Gasteiger partial charge in [-0.2, -0.15) is 0 Å². The van der Waals surface area contributed by atoms with Gasteiger partial charge in [-0.3, -0.25) is 9.78 Å².